The smallest absolute Gasteiger partial charge is 0.269 e. The number of pyridine rings is 1. The van der Waals surface area contributed by atoms with Crippen LogP contribution in [0.2, 0.25) is 0 Å². The second-order valence-electron chi connectivity index (χ2n) is 12.0. The van der Waals surface area contributed by atoms with Gasteiger partial charge in [0.05, 0.1) is 30.9 Å². The molecule has 5 aromatic heterocycles. The van der Waals surface area contributed by atoms with Crippen LogP contribution < -0.4 is 26.8 Å². The number of hydrogen-bond acceptors (Lipinski definition) is 14. The Balaban J connectivity index is 1.19. The van der Waals surface area contributed by atoms with Crippen LogP contribution in [0.15, 0.2) is 61.1 Å². The number of primary amides is 2. The van der Waals surface area contributed by atoms with Gasteiger partial charge < -0.3 is 25.5 Å². The fraction of sp³-hybridized carbons (Fsp3) is 0.265. The number of nitrogens with zero attached hydrogens (tertiary/aromatic N) is 8. The number of fused-ring (bicyclic) bond motifs is 2. The largest absolute Gasteiger partial charge is 0.491 e. The summed E-state index contributed by atoms with van der Waals surface area (Å²) in [5.41, 5.74) is 13.2. The van der Waals surface area contributed by atoms with E-state index in [4.69, 9.17) is 20.9 Å². The van der Waals surface area contributed by atoms with Crippen molar-refractivity contribution in [1.29, 1.82) is 0 Å². The number of anilines is 2. The van der Waals surface area contributed by atoms with Gasteiger partial charge in [0.15, 0.2) is 5.65 Å². The molecule has 6 heterocycles. The van der Waals surface area contributed by atoms with E-state index in [0.717, 1.165) is 49.1 Å². The van der Waals surface area contributed by atoms with Gasteiger partial charge in [0.1, 0.15) is 26.5 Å². The van der Waals surface area contributed by atoms with E-state index in [2.05, 4.69) is 39.2 Å². The lowest BCUT2D eigenvalue weighted by molar-refractivity contribution is 0.0358. The van der Waals surface area contributed by atoms with E-state index in [1.807, 2.05) is 12.2 Å². The molecule has 6 N–H and O–H groups in total. The molecule has 278 valence electrons. The van der Waals surface area contributed by atoms with Crippen molar-refractivity contribution in [2.75, 3.05) is 50.1 Å². The predicted molar refractivity (Wildman–Crippen MR) is 201 cm³/mol. The van der Waals surface area contributed by atoms with Crippen LogP contribution in [0.25, 0.3) is 22.2 Å². The maximum atomic E-state index is 13.2. The summed E-state index contributed by atoms with van der Waals surface area (Å²) in [6.45, 7) is 4.65. The monoisotopic (exact) mass is 770 g/mol. The minimum absolute atomic E-state index is 0.168. The quantitative estimate of drug-likeness (QED) is 0.0871. The first-order chi connectivity index (χ1) is 26.2. The predicted octanol–water partition coefficient (Wildman–Crippen LogP) is 2.75. The lowest BCUT2D eigenvalue weighted by Crippen LogP contribution is -2.37. The Bertz CT molecular complexity index is 2350. The van der Waals surface area contributed by atoms with E-state index in [1.54, 1.807) is 33.4 Å². The summed E-state index contributed by atoms with van der Waals surface area (Å²) in [6, 6.07) is 7.83. The van der Waals surface area contributed by atoms with Gasteiger partial charge in [-0.05, 0) is 59.8 Å². The Labute approximate surface area is 315 Å². The van der Waals surface area contributed by atoms with E-state index < -0.39 is 23.6 Å². The fourth-order valence-electron chi connectivity index (χ4n) is 5.82. The highest BCUT2D eigenvalue weighted by Gasteiger charge is 2.21. The molecule has 0 spiro atoms. The summed E-state index contributed by atoms with van der Waals surface area (Å²) >= 11 is 2.08. The molecule has 0 aliphatic carbocycles. The number of nitrogens with two attached hydrogens (primary N) is 2. The number of rotatable bonds is 15. The standard InChI is InChI=1S/C34H34N12O6S2/c35-28(47)20-16-22-27(24(18-20)52-13-3-8-44-11-14-51-15-12-44)45(33(40-22)42-31(49)25-4-6-38-53-25)9-1-2-10-46-30-23(17-21(19-37-30)29(36)48)41-34(46)43-32(50)26-5-7-39-54-26/h1-2,4-7,16-19H,3,8-15H2,(H2,35,47)(H2,36,48)(H,40,42,49)(H,41,43,50)/b2-1+. The molecule has 0 bridgehead atoms. The molecule has 1 saturated heterocycles. The number of benzene rings is 1. The van der Waals surface area contributed by atoms with E-state index in [0.29, 0.717) is 57.5 Å². The third kappa shape index (κ3) is 8.10. The van der Waals surface area contributed by atoms with E-state index in [-0.39, 0.29) is 36.1 Å². The third-order valence-electron chi connectivity index (χ3n) is 8.46. The molecule has 4 amide bonds. The lowest BCUT2D eigenvalue weighted by atomic mass is 10.1. The number of nitrogens with one attached hydrogen (secondary N) is 2. The van der Waals surface area contributed by atoms with Crippen molar-refractivity contribution in [1.82, 2.24) is 37.7 Å². The minimum Gasteiger partial charge on any atom is -0.491 e. The van der Waals surface area contributed by atoms with Crippen LogP contribution in [0.5, 0.6) is 5.75 Å². The normalized spacial score (nSPS) is 13.5. The molecule has 1 aliphatic rings. The average molecular weight is 771 g/mol. The van der Waals surface area contributed by atoms with Crippen LogP contribution in [0, 0.1) is 0 Å². The number of carbonyl (C=O) groups excluding carboxylic acids is 4. The number of allylic oxidation sites excluding steroid dienone is 2. The molecule has 0 unspecified atom stereocenters. The van der Waals surface area contributed by atoms with Crippen molar-refractivity contribution in [2.24, 2.45) is 11.5 Å². The van der Waals surface area contributed by atoms with E-state index >= 15 is 0 Å². The zero-order valence-electron chi connectivity index (χ0n) is 28.6. The van der Waals surface area contributed by atoms with Gasteiger partial charge in [-0.2, -0.15) is 0 Å². The molecule has 1 aromatic carbocycles. The zero-order chi connectivity index (χ0) is 37.6. The Kier molecular flexibility index (Phi) is 10.9. The van der Waals surface area contributed by atoms with Gasteiger partial charge in [0.25, 0.3) is 11.8 Å². The molecule has 7 rings (SSSR count). The van der Waals surface area contributed by atoms with Gasteiger partial charge >= 0.3 is 0 Å². The number of ether oxygens (including phenoxy) is 2. The molecular weight excluding hydrogens is 737 g/mol. The fourth-order valence-corrected chi connectivity index (χ4v) is 6.80. The molecule has 1 fully saturated rings. The Morgan fingerprint density at radius 3 is 2.07 bits per heavy atom. The second-order valence-corrected chi connectivity index (χ2v) is 13.7. The van der Waals surface area contributed by atoms with Crippen LogP contribution in [0.1, 0.15) is 46.5 Å². The van der Waals surface area contributed by atoms with E-state index in [9.17, 15) is 19.2 Å². The number of morpholine rings is 1. The topological polar surface area (TPSA) is 240 Å². The van der Waals surface area contributed by atoms with Crippen LogP contribution >= 0.6 is 23.1 Å². The van der Waals surface area contributed by atoms with Gasteiger partial charge in [-0.15, -0.1) is 0 Å². The molecular formula is C34H34N12O6S2. The Morgan fingerprint density at radius 2 is 1.44 bits per heavy atom. The summed E-state index contributed by atoms with van der Waals surface area (Å²) in [6.07, 6.45) is 8.79. The number of hydrogen-bond donors (Lipinski definition) is 4. The van der Waals surface area contributed by atoms with Crippen LogP contribution in [0.4, 0.5) is 11.9 Å². The first-order valence-corrected chi connectivity index (χ1v) is 18.3. The van der Waals surface area contributed by atoms with Crippen molar-refractivity contribution in [3.63, 3.8) is 0 Å². The molecule has 0 radical (unpaired) electrons. The van der Waals surface area contributed by atoms with Crippen molar-refractivity contribution in [3.05, 3.63) is 82.0 Å². The van der Waals surface area contributed by atoms with Crippen LogP contribution in [0.3, 0.4) is 0 Å². The van der Waals surface area contributed by atoms with Gasteiger partial charge in [-0.25, -0.2) is 23.7 Å². The highest BCUT2D eigenvalue weighted by Crippen LogP contribution is 2.32. The molecule has 0 saturated carbocycles. The number of aromatic nitrogens is 7. The van der Waals surface area contributed by atoms with Crippen molar-refractivity contribution in [3.8, 4) is 5.75 Å². The summed E-state index contributed by atoms with van der Waals surface area (Å²) in [5.74, 6) is -1.35. The molecule has 18 nitrogen and oxygen atoms in total. The Hall–Kier alpha value is -6.09. The molecule has 1 aliphatic heterocycles. The number of carbonyl (C=O) groups is 4. The highest BCUT2D eigenvalue weighted by molar-refractivity contribution is 7.08. The summed E-state index contributed by atoms with van der Waals surface area (Å²) in [5, 5.41) is 5.67. The zero-order valence-corrected chi connectivity index (χ0v) is 30.3. The second kappa shape index (κ2) is 16.3. The number of amides is 4. The van der Waals surface area contributed by atoms with Gasteiger partial charge in [-0.1, -0.05) is 12.2 Å². The molecule has 6 aromatic rings. The summed E-state index contributed by atoms with van der Waals surface area (Å²) in [4.78, 5) is 67.1. The van der Waals surface area contributed by atoms with Gasteiger partial charge in [0.2, 0.25) is 23.7 Å². The summed E-state index contributed by atoms with van der Waals surface area (Å²) < 4.78 is 23.2. The maximum absolute atomic E-state index is 13.2. The molecule has 0 atom stereocenters. The van der Waals surface area contributed by atoms with Crippen molar-refractivity contribution >= 4 is 80.8 Å². The van der Waals surface area contributed by atoms with Gasteiger partial charge in [0, 0.05) is 56.9 Å². The minimum atomic E-state index is -0.664. The van der Waals surface area contributed by atoms with Gasteiger partial charge in [-0.3, -0.25) is 39.3 Å². The highest BCUT2D eigenvalue weighted by atomic mass is 32.1. The molecule has 54 heavy (non-hydrogen) atoms. The lowest BCUT2D eigenvalue weighted by Gasteiger charge is -2.26. The SMILES string of the molecule is NC(=O)c1cnc2c(c1)nc(NC(=O)c1ccns1)n2C/C=C/Cn1c(NC(=O)c2ccns2)nc2cc(C(N)=O)cc(OCCCN3CCOCC3)c21. The first kappa shape index (κ1) is 36.3. The Morgan fingerprint density at radius 1 is 0.833 bits per heavy atom. The van der Waals surface area contributed by atoms with Crippen molar-refractivity contribution in [2.45, 2.75) is 19.5 Å². The third-order valence-corrected chi connectivity index (χ3v) is 9.95. The number of imidazole rings is 2. The average Bonchev–Trinajstić information content (AvgIpc) is 4.00. The molecule has 20 heteroatoms. The van der Waals surface area contributed by atoms with Crippen molar-refractivity contribution < 1.29 is 28.7 Å². The van der Waals surface area contributed by atoms with Crippen LogP contribution in [-0.4, -0.2) is 101 Å². The summed E-state index contributed by atoms with van der Waals surface area (Å²) in [7, 11) is 0. The van der Waals surface area contributed by atoms with Crippen LogP contribution in [-0.2, 0) is 17.8 Å². The van der Waals surface area contributed by atoms with E-state index in [1.165, 1.54) is 24.7 Å². The first-order valence-electron chi connectivity index (χ1n) is 16.8. The maximum Gasteiger partial charge on any atom is 0.269 e.